The highest BCUT2D eigenvalue weighted by Gasteiger charge is 2.28. The van der Waals surface area contributed by atoms with Crippen LogP contribution in [0.4, 0.5) is 5.69 Å². The first-order valence-electron chi connectivity index (χ1n) is 6.52. The van der Waals surface area contributed by atoms with Crippen molar-refractivity contribution in [3.05, 3.63) is 24.1 Å². The molecule has 0 spiro atoms. The maximum absolute atomic E-state index is 11.6. The zero-order chi connectivity index (χ0) is 14.3. The van der Waals surface area contributed by atoms with E-state index in [1.54, 1.807) is 12.1 Å². The molecule has 0 saturated carbocycles. The van der Waals surface area contributed by atoms with Crippen molar-refractivity contribution < 1.29 is 12.8 Å². The van der Waals surface area contributed by atoms with Gasteiger partial charge in [0.2, 0.25) is 5.89 Å². The van der Waals surface area contributed by atoms with Crippen LogP contribution in [0.15, 0.2) is 22.6 Å². The van der Waals surface area contributed by atoms with E-state index < -0.39 is 9.84 Å². The number of sulfone groups is 1. The second-order valence-electron chi connectivity index (χ2n) is 5.27. The number of benzene rings is 1. The summed E-state index contributed by atoms with van der Waals surface area (Å²) in [7, 11) is -2.90. The van der Waals surface area contributed by atoms with Crippen LogP contribution < -0.4 is 5.73 Å². The third kappa shape index (κ3) is 2.64. The first kappa shape index (κ1) is 13.4. The number of hydrogen-bond donors (Lipinski definition) is 1. The Balaban J connectivity index is 1.79. The Kier molecular flexibility index (Phi) is 3.18. The van der Waals surface area contributed by atoms with Crippen molar-refractivity contribution in [2.24, 2.45) is 0 Å². The smallest absolute Gasteiger partial charge is 0.209 e. The number of anilines is 1. The fourth-order valence-corrected chi connectivity index (χ4v) is 4.12. The molecule has 0 radical (unpaired) electrons. The monoisotopic (exact) mass is 295 g/mol. The molecule has 1 unspecified atom stereocenters. The Bertz CT molecular complexity index is 738. The Morgan fingerprint density at radius 3 is 3.05 bits per heavy atom. The standard InChI is InChI=1S/C13H17N3O3S/c1-9-8-20(17,18)5-4-16(9)7-13-15-11-3-2-10(14)6-12(11)19-13/h2-3,6,9H,4-5,7-8,14H2,1H3. The van der Waals surface area contributed by atoms with E-state index in [0.717, 1.165) is 5.52 Å². The average molecular weight is 295 g/mol. The molecule has 20 heavy (non-hydrogen) atoms. The Morgan fingerprint density at radius 1 is 1.50 bits per heavy atom. The predicted molar refractivity (Wildman–Crippen MR) is 76.9 cm³/mol. The van der Waals surface area contributed by atoms with Crippen LogP contribution in [-0.4, -0.2) is 42.4 Å². The van der Waals surface area contributed by atoms with Crippen LogP contribution in [-0.2, 0) is 16.4 Å². The number of fused-ring (bicyclic) bond motifs is 1. The van der Waals surface area contributed by atoms with Gasteiger partial charge >= 0.3 is 0 Å². The number of hydrogen-bond acceptors (Lipinski definition) is 6. The minimum Gasteiger partial charge on any atom is -0.439 e. The fourth-order valence-electron chi connectivity index (χ4n) is 2.50. The molecule has 1 aromatic heterocycles. The van der Waals surface area contributed by atoms with Gasteiger partial charge in [-0.3, -0.25) is 4.90 Å². The molecule has 0 amide bonds. The quantitative estimate of drug-likeness (QED) is 0.832. The topological polar surface area (TPSA) is 89.4 Å². The van der Waals surface area contributed by atoms with E-state index >= 15 is 0 Å². The summed E-state index contributed by atoms with van der Waals surface area (Å²) in [6.45, 7) is 2.95. The van der Waals surface area contributed by atoms with Crippen molar-refractivity contribution >= 4 is 26.6 Å². The summed E-state index contributed by atoms with van der Waals surface area (Å²) in [6.07, 6.45) is 0. The number of nitrogen functional groups attached to an aromatic ring is 1. The third-order valence-corrected chi connectivity index (χ3v) is 5.40. The lowest BCUT2D eigenvalue weighted by atomic mass is 10.3. The molecule has 6 nitrogen and oxygen atoms in total. The van der Waals surface area contributed by atoms with E-state index in [0.29, 0.717) is 30.3 Å². The molecule has 1 atom stereocenters. The molecular weight excluding hydrogens is 278 g/mol. The SMILES string of the molecule is CC1CS(=O)(=O)CCN1Cc1nc2ccc(N)cc2o1. The van der Waals surface area contributed by atoms with Crippen molar-refractivity contribution in [2.45, 2.75) is 19.5 Å². The largest absolute Gasteiger partial charge is 0.439 e. The van der Waals surface area contributed by atoms with Gasteiger partial charge < -0.3 is 10.2 Å². The highest BCUT2D eigenvalue weighted by atomic mass is 32.2. The normalized spacial score (nSPS) is 23.1. The Labute approximate surface area is 117 Å². The highest BCUT2D eigenvalue weighted by molar-refractivity contribution is 7.91. The van der Waals surface area contributed by atoms with Crippen LogP contribution in [0, 0.1) is 0 Å². The molecule has 108 valence electrons. The molecule has 2 heterocycles. The number of rotatable bonds is 2. The zero-order valence-electron chi connectivity index (χ0n) is 11.2. The van der Waals surface area contributed by atoms with Gasteiger partial charge in [0.1, 0.15) is 5.52 Å². The summed E-state index contributed by atoms with van der Waals surface area (Å²) in [4.78, 5) is 6.48. The maximum atomic E-state index is 11.6. The summed E-state index contributed by atoms with van der Waals surface area (Å²) >= 11 is 0. The molecule has 2 N–H and O–H groups in total. The second-order valence-corrected chi connectivity index (χ2v) is 7.50. The molecule has 2 aromatic rings. The molecule has 1 aromatic carbocycles. The minimum atomic E-state index is -2.90. The molecule has 1 aliphatic rings. The Hall–Kier alpha value is -1.60. The molecule has 1 aliphatic heterocycles. The van der Waals surface area contributed by atoms with Crippen molar-refractivity contribution in [1.29, 1.82) is 0 Å². The number of nitrogens with two attached hydrogens (primary N) is 1. The van der Waals surface area contributed by atoms with Gasteiger partial charge in [0.25, 0.3) is 0 Å². The number of aromatic nitrogens is 1. The molecule has 1 saturated heterocycles. The highest BCUT2D eigenvalue weighted by Crippen LogP contribution is 2.21. The number of nitrogens with zero attached hydrogens (tertiary/aromatic N) is 2. The molecule has 7 heteroatoms. The third-order valence-electron chi connectivity index (χ3n) is 3.60. The average Bonchev–Trinajstić information content (AvgIpc) is 2.73. The van der Waals surface area contributed by atoms with Gasteiger partial charge in [0.05, 0.1) is 18.1 Å². The summed E-state index contributed by atoms with van der Waals surface area (Å²) in [5, 5.41) is 0. The second kappa shape index (κ2) is 4.75. The summed E-state index contributed by atoms with van der Waals surface area (Å²) in [5.41, 5.74) is 7.78. The lowest BCUT2D eigenvalue weighted by molar-refractivity contribution is 0.199. The van der Waals surface area contributed by atoms with E-state index in [4.69, 9.17) is 10.2 Å². The molecular formula is C13H17N3O3S. The van der Waals surface area contributed by atoms with Crippen LogP contribution in [0.1, 0.15) is 12.8 Å². The van der Waals surface area contributed by atoms with Crippen molar-refractivity contribution in [3.63, 3.8) is 0 Å². The predicted octanol–water partition coefficient (Wildman–Crippen LogP) is 1.03. The van der Waals surface area contributed by atoms with Gasteiger partial charge in [-0.1, -0.05) is 0 Å². The van der Waals surface area contributed by atoms with Gasteiger partial charge in [-0.15, -0.1) is 0 Å². The van der Waals surface area contributed by atoms with Gasteiger partial charge in [0, 0.05) is 24.3 Å². The lowest BCUT2D eigenvalue weighted by Crippen LogP contribution is -2.46. The fraction of sp³-hybridized carbons (Fsp3) is 0.462. The van der Waals surface area contributed by atoms with Crippen molar-refractivity contribution in [3.8, 4) is 0 Å². The van der Waals surface area contributed by atoms with Crippen molar-refractivity contribution in [2.75, 3.05) is 23.8 Å². The van der Waals surface area contributed by atoms with Crippen LogP contribution >= 0.6 is 0 Å². The molecule has 0 bridgehead atoms. The van der Waals surface area contributed by atoms with Crippen LogP contribution in [0.2, 0.25) is 0 Å². The molecule has 0 aliphatic carbocycles. The minimum absolute atomic E-state index is 0.0196. The first-order valence-corrected chi connectivity index (χ1v) is 8.34. The van der Waals surface area contributed by atoms with Gasteiger partial charge in [-0.2, -0.15) is 0 Å². The van der Waals surface area contributed by atoms with Crippen LogP contribution in [0.3, 0.4) is 0 Å². The summed E-state index contributed by atoms with van der Waals surface area (Å²) in [5.74, 6) is 0.988. The van der Waals surface area contributed by atoms with Gasteiger partial charge in [-0.05, 0) is 19.1 Å². The first-order chi connectivity index (χ1) is 9.43. The van der Waals surface area contributed by atoms with E-state index in [1.807, 2.05) is 13.0 Å². The van der Waals surface area contributed by atoms with E-state index in [-0.39, 0.29) is 17.5 Å². The van der Waals surface area contributed by atoms with E-state index in [9.17, 15) is 8.42 Å². The zero-order valence-corrected chi connectivity index (χ0v) is 12.1. The summed E-state index contributed by atoms with van der Waals surface area (Å²) < 4.78 is 28.8. The summed E-state index contributed by atoms with van der Waals surface area (Å²) in [6, 6.07) is 5.33. The van der Waals surface area contributed by atoms with Crippen LogP contribution in [0.25, 0.3) is 11.1 Å². The van der Waals surface area contributed by atoms with Gasteiger partial charge in [-0.25, -0.2) is 13.4 Å². The molecule has 1 fully saturated rings. The van der Waals surface area contributed by atoms with Crippen molar-refractivity contribution in [1.82, 2.24) is 9.88 Å². The van der Waals surface area contributed by atoms with E-state index in [2.05, 4.69) is 9.88 Å². The Morgan fingerprint density at radius 2 is 2.30 bits per heavy atom. The maximum Gasteiger partial charge on any atom is 0.209 e. The lowest BCUT2D eigenvalue weighted by Gasteiger charge is -2.31. The molecule has 3 rings (SSSR count). The van der Waals surface area contributed by atoms with Crippen LogP contribution in [0.5, 0.6) is 0 Å². The van der Waals surface area contributed by atoms with Gasteiger partial charge in [0.15, 0.2) is 15.4 Å². The number of oxazole rings is 1. The van der Waals surface area contributed by atoms with E-state index in [1.165, 1.54) is 0 Å².